The van der Waals surface area contributed by atoms with E-state index in [-0.39, 0.29) is 16.7 Å². The van der Waals surface area contributed by atoms with Crippen molar-refractivity contribution in [2.75, 3.05) is 5.73 Å². The van der Waals surface area contributed by atoms with Gasteiger partial charge in [0.25, 0.3) is 5.91 Å². The maximum absolute atomic E-state index is 11.6. The van der Waals surface area contributed by atoms with Gasteiger partial charge in [-0.3, -0.25) is 4.79 Å². The predicted octanol–water partition coefficient (Wildman–Crippen LogP) is 0.564. The van der Waals surface area contributed by atoms with Gasteiger partial charge in [0, 0.05) is 5.38 Å². The summed E-state index contributed by atoms with van der Waals surface area (Å²) in [7, 11) is 0. The monoisotopic (exact) mass is 243 g/mol. The molecule has 0 saturated heterocycles. The molecule has 1 heterocycles. The molecule has 88 valence electrons. The molecule has 1 aromatic rings. The first-order valence-electron chi connectivity index (χ1n) is 4.66. The number of rotatable bonds is 4. The van der Waals surface area contributed by atoms with Crippen LogP contribution >= 0.6 is 11.3 Å². The summed E-state index contributed by atoms with van der Waals surface area (Å²) in [5, 5.41) is 13.1. The highest BCUT2D eigenvalue weighted by Gasteiger charge is 2.24. The minimum Gasteiger partial charge on any atom is -0.480 e. The van der Waals surface area contributed by atoms with Gasteiger partial charge in [-0.25, -0.2) is 9.78 Å². The Kier molecular flexibility index (Phi) is 3.83. The Hall–Kier alpha value is -1.63. The first kappa shape index (κ1) is 12.4. The van der Waals surface area contributed by atoms with Crippen molar-refractivity contribution in [1.82, 2.24) is 10.3 Å². The van der Waals surface area contributed by atoms with Crippen LogP contribution in [0.15, 0.2) is 5.38 Å². The van der Waals surface area contributed by atoms with E-state index in [9.17, 15) is 9.59 Å². The van der Waals surface area contributed by atoms with Crippen LogP contribution in [0.1, 0.15) is 24.3 Å². The molecule has 0 aliphatic rings. The fourth-order valence-corrected chi connectivity index (χ4v) is 1.66. The van der Waals surface area contributed by atoms with Crippen LogP contribution in [0.5, 0.6) is 0 Å². The van der Waals surface area contributed by atoms with Crippen molar-refractivity contribution in [2.45, 2.75) is 19.9 Å². The van der Waals surface area contributed by atoms with Gasteiger partial charge in [0.05, 0.1) is 0 Å². The molecule has 1 rings (SSSR count). The summed E-state index contributed by atoms with van der Waals surface area (Å²) in [5.74, 6) is -1.78. The molecule has 1 atom stereocenters. The van der Waals surface area contributed by atoms with E-state index in [1.54, 1.807) is 13.8 Å². The topological polar surface area (TPSA) is 105 Å². The summed E-state index contributed by atoms with van der Waals surface area (Å²) < 4.78 is 0. The number of anilines is 1. The number of nitrogen functional groups attached to an aromatic ring is 1. The zero-order valence-electron chi connectivity index (χ0n) is 8.93. The molecule has 0 saturated carbocycles. The smallest absolute Gasteiger partial charge is 0.326 e. The van der Waals surface area contributed by atoms with Crippen molar-refractivity contribution in [3.05, 3.63) is 11.1 Å². The van der Waals surface area contributed by atoms with Crippen LogP contribution in [0.2, 0.25) is 0 Å². The molecule has 6 nitrogen and oxygen atoms in total. The highest BCUT2D eigenvalue weighted by molar-refractivity contribution is 7.13. The Labute approximate surface area is 96.5 Å². The molecular weight excluding hydrogens is 230 g/mol. The quantitative estimate of drug-likeness (QED) is 0.716. The van der Waals surface area contributed by atoms with Crippen molar-refractivity contribution in [3.63, 3.8) is 0 Å². The largest absolute Gasteiger partial charge is 0.480 e. The van der Waals surface area contributed by atoms with Crippen LogP contribution in [0.25, 0.3) is 0 Å². The van der Waals surface area contributed by atoms with E-state index in [1.807, 2.05) is 0 Å². The Morgan fingerprint density at radius 1 is 1.56 bits per heavy atom. The van der Waals surface area contributed by atoms with E-state index in [0.717, 1.165) is 11.3 Å². The Morgan fingerprint density at radius 3 is 2.56 bits per heavy atom. The lowest BCUT2D eigenvalue weighted by Crippen LogP contribution is -2.44. The SMILES string of the molecule is CC(C)C(NC(=O)c1csc(N)n1)C(=O)O. The van der Waals surface area contributed by atoms with Crippen LogP contribution in [0.4, 0.5) is 5.13 Å². The second-order valence-electron chi connectivity index (χ2n) is 3.60. The van der Waals surface area contributed by atoms with E-state index in [4.69, 9.17) is 10.8 Å². The molecule has 1 unspecified atom stereocenters. The lowest BCUT2D eigenvalue weighted by Gasteiger charge is -2.16. The van der Waals surface area contributed by atoms with Gasteiger partial charge in [-0.1, -0.05) is 13.8 Å². The lowest BCUT2D eigenvalue weighted by atomic mass is 10.0. The molecular formula is C9H13N3O3S. The molecule has 0 spiro atoms. The molecule has 0 bridgehead atoms. The maximum Gasteiger partial charge on any atom is 0.326 e. The molecule has 0 radical (unpaired) electrons. The average Bonchev–Trinajstić information content (AvgIpc) is 2.59. The molecule has 1 amide bonds. The summed E-state index contributed by atoms with van der Waals surface area (Å²) >= 11 is 1.14. The Morgan fingerprint density at radius 2 is 2.19 bits per heavy atom. The zero-order chi connectivity index (χ0) is 12.3. The lowest BCUT2D eigenvalue weighted by molar-refractivity contribution is -0.140. The zero-order valence-corrected chi connectivity index (χ0v) is 9.75. The van der Waals surface area contributed by atoms with Crippen molar-refractivity contribution in [1.29, 1.82) is 0 Å². The van der Waals surface area contributed by atoms with E-state index in [1.165, 1.54) is 5.38 Å². The van der Waals surface area contributed by atoms with Gasteiger partial charge in [0.15, 0.2) is 5.13 Å². The normalized spacial score (nSPS) is 12.4. The molecule has 0 aliphatic carbocycles. The van der Waals surface area contributed by atoms with Crippen LogP contribution in [-0.2, 0) is 4.79 Å². The molecule has 0 fully saturated rings. The second kappa shape index (κ2) is 4.93. The third-order valence-corrected chi connectivity index (χ3v) is 2.65. The first-order valence-corrected chi connectivity index (χ1v) is 5.54. The number of nitrogens with zero attached hydrogens (tertiary/aromatic N) is 1. The van der Waals surface area contributed by atoms with Crippen molar-refractivity contribution >= 4 is 28.3 Å². The number of nitrogens with one attached hydrogen (secondary N) is 1. The van der Waals surface area contributed by atoms with E-state index >= 15 is 0 Å². The van der Waals surface area contributed by atoms with Gasteiger partial charge in [-0.2, -0.15) is 0 Å². The molecule has 0 aliphatic heterocycles. The second-order valence-corrected chi connectivity index (χ2v) is 4.49. The molecule has 16 heavy (non-hydrogen) atoms. The van der Waals surface area contributed by atoms with Crippen molar-refractivity contribution in [2.24, 2.45) is 5.92 Å². The van der Waals surface area contributed by atoms with Crippen LogP contribution in [-0.4, -0.2) is 28.0 Å². The van der Waals surface area contributed by atoms with Gasteiger partial charge in [0.1, 0.15) is 11.7 Å². The number of amides is 1. The number of aromatic nitrogens is 1. The van der Waals surface area contributed by atoms with Crippen LogP contribution in [0, 0.1) is 5.92 Å². The van der Waals surface area contributed by atoms with Crippen LogP contribution in [0.3, 0.4) is 0 Å². The van der Waals surface area contributed by atoms with Gasteiger partial charge in [-0.05, 0) is 5.92 Å². The molecule has 4 N–H and O–H groups in total. The van der Waals surface area contributed by atoms with E-state index in [0.29, 0.717) is 0 Å². The van der Waals surface area contributed by atoms with Gasteiger partial charge in [0.2, 0.25) is 0 Å². The predicted molar refractivity (Wildman–Crippen MR) is 60.3 cm³/mol. The summed E-state index contributed by atoms with van der Waals surface area (Å²) in [4.78, 5) is 26.2. The first-order chi connectivity index (χ1) is 7.41. The summed E-state index contributed by atoms with van der Waals surface area (Å²) in [5.41, 5.74) is 5.53. The number of carboxylic acids is 1. The van der Waals surface area contributed by atoms with Crippen molar-refractivity contribution in [3.8, 4) is 0 Å². The maximum atomic E-state index is 11.6. The Bertz CT molecular complexity index is 402. The molecule has 7 heteroatoms. The minimum absolute atomic E-state index is 0.148. The van der Waals surface area contributed by atoms with Crippen molar-refractivity contribution < 1.29 is 14.7 Å². The number of nitrogens with two attached hydrogens (primary N) is 1. The van der Waals surface area contributed by atoms with E-state index in [2.05, 4.69) is 10.3 Å². The Balaban J connectivity index is 2.73. The number of thiazole rings is 1. The van der Waals surface area contributed by atoms with Crippen LogP contribution < -0.4 is 11.1 Å². The summed E-state index contributed by atoms with van der Waals surface area (Å²) in [6.45, 7) is 3.43. The standard InChI is InChI=1S/C9H13N3O3S/c1-4(2)6(8(14)15)12-7(13)5-3-16-9(10)11-5/h3-4,6H,1-2H3,(H2,10,11)(H,12,13)(H,14,15). The number of hydrogen-bond donors (Lipinski definition) is 3. The van der Waals surface area contributed by atoms with E-state index < -0.39 is 17.9 Å². The third-order valence-electron chi connectivity index (χ3n) is 1.97. The fraction of sp³-hybridized carbons (Fsp3) is 0.444. The summed E-state index contributed by atoms with van der Waals surface area (Å²) in [6.07, 6.45) is 0. The number of hydrogen-bond acceptors (Lipinski definition) is 5. The van der Waals surface area contributed by atoms with Gasteiger partial charge in [-0.15, -0.1) is 11.3 Å². The minimum atomic E-state index is -1.06. The number of carbonyl (C=O) groups excluding carboxylic acids is 1. The van der Waals surface area contributed by atoms with Gasteiger partial charge >= 0.3 is 5.97 Å². The van der Waals surface area contributed by atoms with Gasteiger partial charge < -0.3 is 16.2 Å². The number of aliphatic carboxylic acids is 1. The molecule has 0 aromatic carbocycles. The highest BCUT2D eigenvalue weighted by Crippen LogP contribution is 2.11. The highest BCUT2D eigenvalue weighted by atomic mass is 32.1. The number of carboxylic acid groups (broad SMARTS) is 1. The molecule has 1 aromatic heterocycles. The average molecular weight is 243 g/mol. The number of carbonyl (C=O) groups is 2. The third kappa shape index (κ3) is 2.93. The summed E-state index contributed by atoms with van der Waals surface area (Å²) in [6, 6.07) is -0.921. The fourth-order valence-electron chi connectivity index (χ4n) is 1.12.